The van der Waals surface area contributed by atoms with E-state index in [9.17, 15) is 0 Å². The Morgan fingerprint density at radius 1 is 1.31 bits per heavy atom. The third-order valence-electron chi connectivity index (χ3n) is 2.11. The van der Waals surface area contributed by atoms with Crippen LogP contribution in [0.2, 0.25) is 0 Å². The first-order valence-electron chi connectivity index (χ1n) is 5.13. The second-order valence-corrected chi connectivity index (χ2v) is 5.67. The van der Waals surface area contributed by atoms with Gasteiger partial charge in [0.15, 0.2) is 0 Å². The molecule has 0 aliphatic carbocycles. The number of nitrogens with one attached hydrogen (secondary N) is 1. The molecule has 0 unspecified atom stereocenters. The quantitative estimate of drug-likeness (QED) is 0.863. The highest BCUT2D eigenvalue weighted by atomic mass is 127. The van der Waals surface area contributed by atoms with Gasteiger partial charge in [-0.3, -0.25) is 0 Å². The van der Waals surface area contributed by atoms with Gasteiger partial charge in [-0.1, -0.05) is 20.8 Å². The van der Waals surface area contributed by atoms with Crippen LogP contribution in [0.4, 0.5) is 5.82 Å². The van der Waals surface area contributed by atoms with Gasteiger partial charge in [0.05, 0.1) is 15.9 Å². The maximum atomic E-state index is 5.15. The summed E-state index contributed by atoms with van der Waals surface area (Å²) in [7, 11) is 3.54. The molecule has 0 aromatic carbocycles. The Balaban J connectivity index is 3.28. The van der Waals surface area contributed by atoms with Crippen LogP contribution in [0.5, 0.6) is 0 Å². The number of halogens is 1. The van der Waals surface area contributed by atoms with Crippen molar-refractivity contribution >= 4 is 28.4 Å². The fourth-order valence-electron chi connectivity index (χ4n) is 1.23. The third kappa shape index (κ3) is 3.04. The van der Waals surface area contributed by atoms with E-state index in [1.54, 1.807) is 7.11 Å². The number of rotatable bonds is 3. The summed E-state index contributed by atoms with van der Waals surface area (Å²) in [4.78, 5) is 9.08. The minimum absolute atomic E-state index is 0.0571. The molecule has 0 saturated carbocycles. The number of hydrogen-bond acceptors (Lipinski definition) is 4. The Morgan fingerprint density at radius 2 is 1.94 bits per heavy atom. The zero-order valence-electron chi connectivity index (χ0n) is 10.4. The number of aromatic nitrogens is 2. The molecule has 1 N–H and O–H groups in total. The van der Waals surface area contributed by atoms with Gasteiger partial charge in [-0.25, -0.2) is 9.97 Å². The topological polar surface area (TPSA) is 47.0 Å². The molecule has 1 heterocycles. The molecule has 0 fully saturated rings. The molecule has 0 saturated heterocycles. The van der Waals surface area contributed by atoms with Crippen molar-refractivity contribution in [2.24, 2.45) is 0 Å². The molecule has 5 heteroatoms. The van der Waals surface area contributed by atoms with E-state index in [0.29, 0.717) is 6.61 Å². The van der Waals surface area contributed by atoms with Gasteiger partial charge in [0.25, 0.3) is 0 Å². The van der Waals surface area contributed by atoms with Crippen LogP contribution in [-0.2, 0) is 16.8 Å². The van der Waals surface area contributed by atoms with E-state index in [2.05, 4.69) is 58.6 Å². The van der Waals surface area contributed by atoms with Crippen molar-refractivity contribution in [3.63, 3.8) is 0 Å². The maximum Gasteiger partial charge on any atom is 0.143 e. The summed E-state index contributed by atoms with van der Waals surface area (Å²) in [5.41, 5.74) is 0.880. The first kappa shape index (κ1) is 13.6. The van der Waals surface area contributed by atoms with E-state index < -0.39 is 0 Å². The average molecular weight is 335 g/mol. The predicted molar refractivity (Wildman–Crippen MR) is 73.7 cm³/mol. The molecule has 0 atom stereocenters. The Bertz CT molecular complexity index is 374. The van der Waals surface area contributed by atoms with E-state index in [1.165, 1.54) is 0 Å². The minimum atomic E-state index is -0.0571. The molecule has 0 bridgehead atoms. The molecule has 4 nitrogen and oxygen atoms in total. The van der Waals surface area contributed by atoms with Crippen molar-refractivity contribution in [3.8, 4) is 0 Å². The number of hydrogen-bond donors (Lipinski definition) is 1. The van der Waals surface area contributed by atoms with Crippen LogP contribution >= 0.6 is 22.6 Å². The Morgan fingerprint density at radius 3 is 2.38 bits per heavy atom. The van der Waals surface area contributed by atoms with Crippen LogP contribution in [-0.4, -0.2) is 24.1 Å². The molecule has 16 heavy (non-hydrogen) atoms. The highest BCUT2D eigenvalue weighted by Crippen LogP contribution is 2.25. The van der Waals surface area contributed by atoms with Gasteiger partial charge in [0.1, 0.15) is 11.6 Å². The molecule has 0 amide bonds. The normalized spacial score (nSPS) is 11.6. The standard InChI is InChI=1S/C11H18IN3O/c1-11(2,3)10-14-7(6-16-5)8(12)9(13-4)15-10/h6H2,1-5H3,(H,13,14,15). The van der Waals surface area contributed by atoms with E-state index in [4.69, 9.17) is 4.74 Å². The molecular weight excluding hydrogens is 317 g/mol. The lowest BCUT2D eigenvalue weighted by atomic mass is 9.95. The van der Waals surface area contributed by atoms with Gasteiger partial charge in [0, 0.05) is 19.6 Å². The molecule has 0 spiro atoms. The lowest BCUT2D eigenvalue weighted by molar-refractivity contribution is 0.180. The van der Waals surface area contributed by atoms with E-state index >= 15 is 0 Å². The summed E-state index contributed by atoms with van der Waals surface area (Å²) in [5, 5.41) is 3.09. The summed E-state index contributed by atoms with van der Waals surface area (Å²) in [6.45, 7) is 6.82. The number of ether oxygens (including phenoxy) is 1. The Kier molecular flexibility index (Phi) is 4.49. The maximum absolute atomic E-state index is 5.15. The van der Waals surface area contributed by atoms with Crippen LogP contribution in [0, 0.1) is 3.57 Å². The third-order valence-corrected chi connectivity index (χ3v) is 3.24. The second-order valence-electron chi connectivity index (χ2n) is 4.59. The van der Waals surface area contributed by atoms with Gasteiger partial charge >= 0.3 is 0 Å². The van der Waals surface area contributed by atoms with Crippen molar-refractivity contribution in [3.05, 3.63) is 15.1 Å². The van der Waals surface area contributed by atoms with Crippen molar-refractivity contribution < 1.29 is 4.74 Å². The van der Waals surface area contributed by atoms with Crippen molar-refractivity contribution in [1.82, 2.24) is 9.97 Å². The summed E-state index contributed by atoms with van der Waals surface area (Å²) in [6.07, 6.45) is 0. The zero-order chi connectivity index (χ0) is 12.3. The largest absolute Gasteiger partial charge is 0.378 e. The van der Waals surface area contributed by atoms with Gasteiger partial charge < -0.3 is 10.1 Å². The van der Waals surface area contributed by atoms with Crippen LogP contribution < -0.4 is 5.32 Å². The van der Waals surface area contributed by atoms with Crippen LogP contribution in [0.1, 0.15) is 32.3 Å². The molecule has 1 aromatic heterocycles. The van der Waals surface area contributed by atoms with E-state index in [-0.39, 0.29) is 5.41 Å². The fourth-order valence-corrected chi connectivity index (χ4v) is 1.89. The minimum Gasteiger partial charge on any atom is -0.378 e. The van der Waals surface area contributed by atoms with Crippen molar-refractivity contribution in [2.75, 3.05) is 19.5 Å². The number of anilines is 1. The van der Waals surface area contributed by atoms with Gasteiger partial charge in [-0.15, -0.1) is 0 Å². The second kappa shape index (κ2) is 5.27. The summed E-state index contributed by atoms with van der Waals surface area (Å²) in [6, 6.07) is 0. The highest BCUT2D eigenvalue weighted by molar-refractivity contribution is 14.1. The summed E-state index contributed by atoms with van der Waals surface area (Å²) >= 11 is 2.24. The Labute approximate surface area is 110 Å². The molecule has 1 aromatic rings. The van der Waals surface area contributed by atoms with Crippen LogP contribution in [0.15, 0.2) is 0 Å². The van der Waals surface area contributed by atoms with Crippen LogP contribution in [0.3, 0.4) is 0 Å². The first-order valence-corrected chi connectivity index (χ1v) is 6.21. The molecule has 90 valence electrons. The van der Waals surface area contributed by atoms with Gasteiger partial charge in [-0.2, -0.15) is 0 Å². The molecule has 1 rings (SSSR count). The van der Waals surface area contributed by atoms with Crippen LogP contribution in [0.25, 0.3) is 0 Å². The summed E-state index contributed by atoms with van der Waals surface area (Å²) < 4.78 is 6.18. The predicted octanol–water partition coefficient (Wildman–Crippen LogP) is 2.57. The van der Waals surface area contributed by atoms with Crippen molar-refractivity contribution in [2.45, 2.75) is 32.8 Å². The molecule has 0 aliphatic heterocycles. The van der Waals surface area contributed by atoms with E-state index in [0.717, 1.165) is 20.9 Å². The smallest absolute Gasteiger partial charge is 0.143 e. The first-order chi connectivity index (χ1) is 7.40. The van der Waals surface area contributed by atoms with Crippen molar-refractivity contribution in [1.29, 1.82) is 0 Å². The molecular formula is C11H18IN3O. The van der Waals surface area contributed by atoms with Gasteiger partial charge in [0.2, 0.25) is 0 Å². The fraction of sp³-hybridized carbons (Fsp3) is 0.636. The zero-order valence-corrected chi connectivity index (χ0v) is 12.5. The molecule has 0 aliphatic rings. The highest BCUT2D eigenvalue weighted by Gasteiger charge is 2.21. The molecule has 0 radical (unpaired) electrons. The SMILES string of the molecule is CNc1nc(C(C)(C)C)nc(COC)c1I. The lowest BCUT2D eigenvalue weighted by Crippen LogP contribution is -2.19. The van der Waals surface area contributed by atoms with E-state index in [1.807, 2.05) is 7.05 Å². The Hall–Kier alpha value is -0.430. The average Bonchev–Trinajstić information content (AvgIpc) is 2.19. The lowest BCUT2D eigenvalue weighted by Gasteiger charge is -2.19. The van der Waals surface area contributed by atoms with Gasteiger partial charge in [-0.05, 0) is 22.6 Å². The monoisotopic (exact) mass is 335 g/mol. The number of nitrogens with zero attached hydrogens (tertiary/aromatic N) is 2. The summed E-state index contributed by atoms with van der Waals surface area (Å²) in [5.74, 6) is 1.71. The number of methoxy groups -OCH3 is 1.